The highest BCUT2D eigenvalue weighted by Gasteiger charge is 2.44. The first kappa shape index (κ1) is 21.0. The van der Waals surface area contributed by atoms with Gasteiger partial charge in [0.15, 0.2) is 5.96 Å². The maximum absolute atomic E-state index is 6.16. The monoisotopic (exact) mass is 488 g/mol. The molecule has 0 radical (unpaired) electrons. The van der Waals surface area contributed by atoms with Crippen LogP contribution in [-0.2, 0) is 19.0 Å². The molecule has 0 spiro atoms. The third kappa shape index (κ3) is 4.88. The summed E-state index contributed by atoms with van der Waals surface area (Å²) in [6, 6.07) is 8.17. The van der Waals surface area contributed by atoms with E-state index >= 15 is 0 Å². The van der Waals surface area contributed by atoms with Gasteiger partial charge in [-0.1, -0.05) is 23.7 Å². The van der Waals surface area contributed by atoms with Gasteiger partial charge < -0.3 is 10.2 Å². The number of rotatable bonds is 6. The molecular formula is C18H26ClIN6. The van der Waals surface area contributed by atoms with Gasteiger partial charge in [0.05, 0.1) is 13.1 Å². The first-order valence-corrected chi connectivity index (χ1v) is 9.00. The van der Waals surface area contributed by atoms with Gasteiger partial charge in [-0.05, 0) is 37.5 Å². The summed E-state index contributed by atoms with van der Waals surface area (Å²) in [6.07, 6.45) is 3.89. The Kier molecular flexibility index (Phi) is 7.28. The van der Waals surface area contributed by atoms with E-state index in [9.17, 15) is 0 Å². The molecule has 1 saturated carbocycles. The topological polar surface area (TPSA) is 58.3 Å². The van der Waals surface area contributed by atoms with E-state index in [0.717, 1.165) is 42.7 Å². The molecule has 1 aliphatic carbocycles. The molecule has 26 heavy (non-hydrogen) atoms. The normalized spacial score (nSPS) is 15.3. The standard InChI is InChI=1S/C18H25ClN6.HI/c1-4-20-17(24(2)11-16-22-13-23-25(16)3)21-12-18(8-9-18)14-6-5-7-15(19)10-14;/h5-7,10,13H,4,8-9,11-12H2,1-3H3,(H,20,21);1H. The molecule has 0 amide bonds. The SMILES string of the molecule is CCNC(=NCC1(c2cccc(Cl)c2)CC1)N(C)Cc1ncnn1C.I. The Morgan fingerprint density at radius 2 is 2.19 bits per heavy atom. The molecule has 0 saturated heterocycles. The van der Waals surface area contributed by atoms with Crippen molar-refractivity contribution >= 4 is 41.5 Å². The molecule has 1 aliphatic rings. The summed E-state index contributed by atoms with van der Waals surface area (Å²) in [6.45, 7) is 4.33. The second-order valence-corrected chi connectivity index (χ2v) is 7.05. The fourth-order valence-electron chi connectivity index (χ4n) is 2.95. The van der Waals surface area contributed by atoms with Gasteiger partial charge in [0, 0.05) is 31.1 Å². The molecule has 1 fully saturated rings. The van der Waals surface area contributed by atoms with Crippen molar-refractivity contribution in [2.75, 3.05) is 20.1 Å². The van der Waals surface area contributed by atoms with E-state index in [4.69, 9.17) is 16.6 Å². The molecule has 6 nitrogen and oxygen atoms in total. The van der Waals surface area contributed by atoms with Gasteiger partial charge in [-0.2, -0.15) is 5.10 Å². The molecule has 0 bridgehead atoms. The Morgan fingerprint density at radius 1 is 1.42 bits per heavy atom. The molecule has 142 valence electrons. The minimum Gasteiger partial charge on any atom is -0.357 e. The molecule has 2 aromatic rings. The van der Waals surface area contributed by atoms with Gasteiger partial charge in [0.25, 0.3) is 0 Å². The Hall–Kier alpha value is -1.35. The Morgan fingerprint density at radius 3 is 2.77 bits per heavy atom. The van der Waals surface area contributed by atoms with Crippen LogP contribution in [0.3, 0.4) is 0 Å². The lowest BCUT2D eigenvalue weighted by Crippen LogP contribution is -2.39. The van der Waals surface area contributed by atoms with Crippen molar-refractivity contribution in [3.8, 4) is 0 Å². The van der Waals surface area contributed by atoms with Crippen LogP contribution in [0.2, 0.25) is 5.02 Å². The van der Waals surface area contributed by atoms with E-state index in [2.05, 4.69) is 39.4 Å². The number of aromatic nitrogens is 3. The van der Waals surface area contributed by atoms with E-state index in [-0.39, 0.29) is 29.4 Å². The van der Waals surface area contributed by atoms with Crippen LogP contribution in [0, 0.1) is 0 Å². The first-order valence-electron chi connectivity index (χ1n) is 8.62. The smallest absolute Gasteiger partial charge is 0.194 e. The highest BCUT2D eigenvalue weighted by Crippen LogP contribution is 2.48. The molecular weight excluding hydrogens is 463 g/mol. The van der Waals surface area contributed by atoms with Crippen molar-refractivity contribution in [2.24, 2.45) is 12.0 Å². The van der Waals surface area contributed by atoms with E-state index in [1.165, 1.54) is 5.56 Å². The van der Waals surface area contributed by atoms with E-state index in [1.54, 1.807) is 11.0 Å². The zero-order chi connectivity index (χ0) is 17.9. The Labute approximate surface area is 177 Å². The number of aliphatic imine (C=N–C) groups is 1. The van der Waals surface area contributed by atoms with Crippen LogP contribution in [0.25, 0.3) is 0 Å². The number of nitrogens with zero attached hydrogens (tertiary/aromatic N) is 5. The van der Waals surface area contributed by atoms with Crippen LogP contribution in [0.15, 0.2) is 35.6 Å². The number of nitrogens with one attached hydrogen (secondary N) is 1. The molecule has 3 rings (SSSR count). The maximum atomic E-state index is 6.16. The van der Waals surface area contributed by atoms with Gasteiger partial charge in [-0.15, -0.1) is 24.0 Å². The highest BCUT2D eigenvalue weighted by atomic mass is 127. The van der Waals surface area contributed by atoms with Crippen molar-refractivity contribution in [3.05, 3.63) is 47.0 Å². The lowest BCUT2D eigenvalue weighted by molar-refractivity contribution is 0.447. The predicted molar refractivity (Wildman–Crippen MR) is 116 cm³/mol. The zero-order valence-electron chi connectivity index (χ0n) is 15.4. The molecule has 0 unspecified atom stereocenters. The van der Waals surface area contributed by atoms with E-state index in [0.29, 0.717) is 6.54 Å². The summed E-state index contributed by atoms with van der Waals surface area (Å²) in [5, 5.41) is 8.28. The highest BCUT2D eigenvalue weighted by molar-refractivity contribution is 14.0. The average molecular weight is 489 g/mol. The molecule has 8 heteroatoms. The molecule has 0 atom stereocenters. The van der Waals surface area contributed by atoms with Gasteiger partial charge >= 0.3 is 0 Å². The lowest BCUT2D eigenvalue weighted by Gasteiger charge is -2.23. The summed E-state index contributed by atoms with van der Waals surface area (Å²) in [7, 11) is 3.92. The fourth-order valence-corrected chi connectivity index (χ4v) is 3.14. The van der Waals surface area contributed by atoms with Crippen molar-refractivity contribution < 1.29 is 0 Å². The molecule has 1 aromatic heterocycles. The number of aryl methyl sites for hydroxylation is 1. The molecule has 1 heterocycles. The van der Waals surface area contributed by atoms with Crippen molar-refractivity contribution in [3.63, 3.8) is 0 Å². The first-order chi connectivity index (χ1) is 12.0. The van der Waals surface area contributed by atoms with Crippen molar-refractivity contribution in [2.45, 2.75) is 31.7 Å². The third-order valence-electron chi connectivity index (χ3n) is 4.70. The van der Waals surface area contributed by atoms with Crippen LogP contribution < -0.4 is 5.32 Å². The van der Waals surface area contributed by atoms with Gasteiger partial charge in [0.2, 0.25) is 0 Å². The summed E-state index contributed by atoms with van der Waals surface area (Å²) >= 11 is 6.16. The molecule has 1 aromatic carbocycles. The average Bonchev–Trinajstić information content (AvgIpc) is 3.29. The molecule has 0 aliphatic heterocycles. The van der Waals surface area contributed by atoms with Gasteiger partial charge in [0.1, 0.15) is 12.2 Å². The summed E-state index contributed by atoms with van der Waals surface area (Å²) in [4.78, 5) is 11.3. The number of hydrogen-bond donors (Lipinski definition) is 1. The zero-order valence-corrected chi connectivity index (χ0v) is 18.5. The van der Waals surface area contributed by atoms with Crippen LogP contribution in [-0.4, -0.2) is 45.8 Å². The maximum Gasteiger partial charge on any atom is 0.194 e. The molecule has 1 N–H and O–H groups in total. The van der Waals surface area contributed by atoms with E-state index < -0.39 is 0 Å². The quantitative estimate of drug-likeness (QED) is 0.385. The van der Waals surface area contributed by atoms with Gasteiger partial charge in [-0.3, -0.25) is 9.67 Å². The summed E-state index contributed by atoms with van der Waals surface area (Å²) in [5.74, 6) is 1.79. The van der Waals surface area contributed by atoms with Gasteiger partial charge in [-0.25, -0.2) is 4.98 Å². The minimum atomic E-state index is 0. The third-order valence-corrected chi connectivity index (χ3v) is 4.94. The predicted octanol–water partition coefficient (Wildman–Crippen LogP) is 3.22. The fraction of sp³-hybridized carbons (Fsp3) is 0.500. The second kappa shape index (κ2) is 9.03. The lowest BCUT2D eigenvalue weighted by atomic mass is 9.96. The Bertz CT molecular complexity index is 756. The number of hydrogen-bond acceptors (Lipinski definition) is 3. The minimum absolute atomic E-state index is 0. The largest absolute Gasteiger partial charge is 0.357 e. The number of benzene rings is 1. The van der Waals surface area contributed by atoms with Crippen LogP contribution in [0.5, 0.6) is 0 Å². The summed E-state index contributed by atoms with van der Waals surface area (Å²) in [5.41, 5.74) is 1.42. The number of halogens is 2. The van der Waals surface area contributed by atoms with E-state index in [1.807, 2.05) is 26.2 Å². The van der Waals surface area contributed by atoms with Crippen LogP contribution in [0.4, 0.5) is 0 Å². The van der Waals surface area contributed by atoms with Crippen LogP contribution >= 0.6 is 35.6 Å². The van der Waals surface area contributed by atoms with Crippen molar-refractivity contribution in [1.82, 2.24) is 25.0 Å². The number of guanidine groups is 1. The van der Waals surface area contributed by atoms with Crippen molar-refractivity contribution in [1.29, 1.82) is 0 Å². The second-order valence-electron chi connectivity index (χ2n) is 6.62. The van der Waals surface area contributed by atoms with Crippen LogP contribution in [0.1, 0.15) is 31.2 Å². The Balaban J connectivity index is 0.00000243. The summed E-state index contributed by atoms with van der Waals surface area (Å²) < 4.78 is 1.79.